The molecule has 0 fully saturated rings. The van der Waals surface area contributed by atoms with Crippen molar-refractivity contribution in [3.63, 3.8) is 0 Å². The van der Waals surface area contributed by atoms with E-state index in [1.165, 1.54) is 0 Å². The van der Waals surface area contributed by atoms with Crippen LogP contribution in [0.25, 0.3) is 0 Å². The first-order valence-electron chi connectivity index (χ1n) is 8.22. The van der Waals surface area contributed by atoms with Gasteiger partial charge >= 0.3 is 0 Å². The van der Waals surface area contributed by atoms with Crippen molar-refractivity contribution in [1.29, 1.82) is 0 Å². The minimum Gasteiger partial charge on any atom is -0.494 e. The lowest BCUT2D eigenvalue weighted by molar-refractivity contribution is -0.115. The molecule has 0 aliphatic heterocycles. The second-order valence-corrected chi connectivity index (χ2v) is 5.26. The first-order valence-corrected chi connectivity index (χ1v) is 8.22. The van der Waals surface area contributed by atoms with Crippen molar-refractivity contribution in [3.05, 3.63) is 48.5 Å². The summed E-state index contributed by atoms with van der Waals surface area (Å²) in [5, 5.41) is 5.91. The van der Waals surface area contributed by atoms with E-state index in [9.17, 15) is 4.79 Å². The van der Waals surface area contributed by atoms with Gasteiger partial charge in [0.1, 0.15) is 17.2 Å². The Labute approximate surface area is 143 Å². The Morgan fingerprint density at radius 2 is 1.50 bits per heavy atom. The first-order chi connectivity index (χ1) is 11.7. The Kier molecular flexibility index (Phi) is 7.11. The highest BCUT2D eigenvalue weighted by atomic mass is 16.5. The molecule has 2 aromatic carbocycles. The molecule has 1 amide bonds. The Hall–Kier alpha value is -2.53. The van der Waals surface area contributed by atoms with E-state index in [0.29, 0.717) is 18.9 Å². The molecule has 0 aliphatic carbocycles. The Bertz CT molecular complexity index is 624. The van der Waals surface area contributed by atoms with Crippen molar-refractivity contribution in [3.8, 4) is 17.2 Å². The van der Waals surface area contributed by atoms with Crippen LogP contribution in [0.3, 0.4) is 0 Å². The van der Waals surface area contributed by atoms with Crippen LogP contribution >= 0.6 is 0 Å². The predicted octanol–water partition coefficient (Wildman–Crippen LogP) is 3.82. The SMILES string of the molecule is CCCNCC(=O)Nc1ccc(Oc2ccc(OCC)cc2)cc1. The molecule has 0 spiro atoms. The van der Waals surface area contributed by atoms with Gasteiger partial charge in [0.25, 0.3) is 0 Å². The number of carbonyl (C=O) groups excluding carboxylic acids is 1. The fourth-order valence-electron chi connectivity index (χ4n) is 2.10. The van der Waals surface area contributed by atoms with Crippen molar-refractivity contribution in [2.75, 3.05) is 25.0 Å². The fourth-order valence-corrected chi connectivity index (χ4v) is 2.10. The van der Waals surface area contributed by atoms with Crippen molar-refractivity contribution >= 4 is 11.6 Å². The summed E-state index contributed by atoms with van der Waals surface area (Å²) in [4.78, 5) is 11.7. The summed E-state index contributed by atoms with van der Waals surface area (Å²) in [5.74, 6) is 2.21. The van der Waals surface area contributed by atoms with Gasteiger partial charge in [-0.3, -0.25) is 4.79 Å². The van der Waals surface area contributed by atoms with E-state index >= 15 is 0 Å². The molecule has 128 valence electrons. The van der Waals surface area contributed by atoms with Crippen LogP contribution in [0.1, 0.15) is 20.3 Å². The molecule has 0 saturated heterocycles. The van der Waals surface area contributed by atoms with Crippen molar-refractivity contribution in [2.45, 2.75) is 20.3 Å². The van der Waals surface area contributed by atoms with E-state index in [0.717, 1.165) is 30.2 Å². The largest absolute Gasteiger partial charge is 0.494 e. The Morgan fingerprint density at radius 3 is 2.08 bits per heavy atom. The molecule has 5 heteroatoms. The van der Waals surface area contributed by atoms with E-state index < -0.39 is 0 Å². The molecule has 0 aliphatic rings. The van der Waals surface area contributed by atoms with E-state index in [1.54, 1.807) is 0 Å². The summed E-state index contributed by atoms with van der Waals surface area (Å²) in [7, 11) is 0. The number of rotatable bonds is 9. The summed E-state index contributed by atoms with van der Waals surface area (Å²) in [6.45, 7) is 5.81. The first kappa shape index (κ1) is 17.8. The third-order valence-electron chi connectivity index (χ3n) is 3.22. The monoisotopic (exact) mass is 328 g/mol. The third-order valence-corrected chi connectivity index (χ3v) is 3.22. The molecule has 0 heterocycles. The van der Waals surface area contributed by atoms with Gasteiger partial charge in [-0.15, -0.1) is 0 Å². The topological polar surface area (TPSA) is 59.6 Å². The summed E-state index contributed by atoms with van der Waals surface area (Å²) in [6.07, 6.45) is 1.00. The molecule has 0 radical (unpaired) electrons. The molecule has 0 saturated carbocycles. The predicted molar refractivity (Wildman–Crippen MR) is 95.9 cm³/mol. The van der Waals surface area contributed by atoms with Gasteiger partial charge in [0, 0.05) is 5.69 Å². The summed E-state index contributed by atoms with van der Waals surface area (Å²) < 4.78 is 11.2. The van der Waals surface area contributed by atoms with Crippen LogP contribution < -0.4 is 20.1 Å². The highest BCUT2D eigenvalue weighted by Crippen LogP contribution is 2.25. The Morgan fingerprint density at radius 1 is 0.917 bits per heavy atom. The minimum absolute atomic E-state index is 0.0522. The molecule has 24 heavy (non-hydrogen) atoms. The van der Waals surface area contributed by atoms with Gasteiger partial charge in [0.05, 0.1) is 13.2 Å². The lowest BCUT2D eigenvalue weighted by atomic mass is 10.3. The average molecular weight is 328 g/mol. The van der Waals surface area contributed by atoms with Crippen molar-refractivity contribution in [1.82, 2.24) is 5.32 Å². The van der Waals surface area contributed by atoms with E-state index in [1.807, 2.05) is 55.5 Å². The van der Waals surface area contributed by atoms with Gasteiger partial charge < -0.3 is 20.1 Å². The second kappa shape index (κ2) is 9.57. The van der Waals surface area contributed by atoms with Crippen LogP contribution in [-0.2, 0) is 4.79 Å². The number of hydrogen-bond donors (Lipinski definition) is 2. The highest BCUT2D eigenvalue weighted by molar-refractivity contribution is 5.92. The van der Waals surface area contributed by atoms with Crippen molar-refractivity contribution in [2.24, 2.45) is 0 Å². The average Bonchev–Trinajstić information content (AvgIpc) is 2.59. The number of anilines is 1. The fraction of sp³-hybridized carbons (Fsp3) is 0.316. The number of carbonyl (C=O) groups is 1. The quantitative estimate of drug-likeness (QED) is 0.687. The van der Waals surface area contributed by atoms with Crippen LogP contribution in [0.5, 0.6) is 17.2 Å². The zero-order valence-electron chi connectivity index (χ0n) is 14.2. The summed E-state index contributed by atoms with van der Waals surface area (Å²) >= 11 is 0. The second-order valence-electron chi connectivity index (χ2n) is 5.26. The number of nitrogens with one attached hydrogen (secondary N) is 2. The van der Waals surface area contributed by atoms with E-state index in [4.69, 9.17) is 9.47 Å². The van der Waals surface area contributed by atoms with Crippen LogP contribution in [0, 0.1) is 0 Å². The maximum atomic E-state index is 11.7. The van der Waals surface area contributed by atoms with E-state index in [2.05, 4.69) is 17.6 Å². The van der Waals surface area contributed by atoms with Crippen LogP contribution in [0.4, 0.5) is 5.69 Å². The molecule has 0 unspecified atom stereocenters. The summed E-state index contributed by atoms with van der Waals surface area (Å²) in [6, 6.07) is 14.8. The standard InChI is InChI=1S/C19H24N2O3/c1-3-13-20-14-19(22)21-15-5-7-17(8-6-15)24-18-11-9-16(10-12-18)23-4-2/h5-12,20H,3-4,13-14H2,1-2H3,(H,21,22). The van der Waals surface area contributed by atoms with Gasteiger partial charge in [-0.25, -0.2) is 0 Å². The zero-order chi connectivity index (χ0) is 17.2. The molecule has 2 rings (SSSR count). The molecule has 2 N–H and O–H groups in total. The highest BCUT2D eigenvalue weighted by Gasteiger charge is 2.03. The van der Waals surface area contributed by atoms with Gasteiger partial charge in [-0.05, 0) is 68.4 Å². The third kappa shape index (κ3) is 5.93. The molecule has 0 bridgehead atoms. The maximum absolute atomic E-state index is 11.7. The normalized spacial score (nSPS) is 10.2. The maximum Gasteiger partial charge on any atom is 0.238 e. The molecule has 0 atom stereocenters. The van der Waals surface area contributed by atoms with Crippen LogP contribution in [-0.4, -0.2) is 25.6 Å². The van der Waals surface area contributed by atoms with Crippen LogP contribution in [0.15, 0.2) is 48.5 Å². The molecular weight excluding hydrogens is 304 g/mol. The number of ether oxygens (including phenoxy) is 2. The lowest BCUT2D eigenvalue weighted by Gasteiger charge is -2.09. The smallest absolute Gasteiger partial charge is 0.238 e. The number of benzene rings is 2. The molecular formula is C19H24N2O3. The Balaban J connectivity index is 1.86. The van der Waals surface area contributed by atoms with Crippen LogP contribution in [0.2, 0.25) is 0 Å². The summed E-state index contributed by atoms with van der Waals surface area (Å²) in [5.41, 5.74) is 0.748. The lowest BCUT2D eigenvalue weighted by Crippen LogP contribution is -2.28. The van der Waals surface area contributed by atoms with Gasteiger partial charge in [0.15, 0.2) is 0 Å². The number of amides is 1. The zero-order valence-corrected chi connectivity index (χ0v) is 14.2. The molecule has 0 aromatic heterocycles. The molecule has 5 nitrogen and oxygen atoms in total. The molecule has 2 aromatic rings. The van der Waals surface area contributed by atoms with Gasteiger partial charge in [-0.2, -0.15) is 0 Å². The minimum atomic E-state index is -0.0522. The van der Waals surface area contributed by atoms with Crippen molar-refractivity contribution < 1.29 is 14.3 Å². The van der Waals surface area contributed by atoms with Gasteiger partial charge in [0.2, 0.25) is 5.91 Å². The number of hydrogen-bond acceptors (Lipinski definition) is 4. The van der Waals surface area contributed by atoms with Gasteiger partial charge in [-0.1, -0.05) is 6.92 Å². The van der Waals surface area contributed by atoms with E-state index in [-0.39, 0.29) is 5.91 Å².